The molecular weight excluding hydrogens is 220 g/mol. The first-order valence-electron chi connectivity index (χ1n) is 5.53. The molecule has 0 amide bonds. The summed E-state index contributed by atoms with van der Waals surface area (Å²) < 4.78 is 0. The third kappa shape index (κ3) is 4.90. The summed E-state index contributed by atoms with van der Waals surface area (Å²) in [4.78, 5) is 10.1. The molecule has 17 heavy (non-hydrogen) atoms. The van der Waals surface area contributed by atoms with Gasteiger partial charge in [-0.2, -0.15) is 0 Å². The zero-order valence-corrected chi connectivity index (χ0v) is 9.63. The molecule has 0 aliphatic rings. The molecule has 0 saturated carbocycles. The summed E-state index contributed by atoms with van der Waals surface area (Å²) in [5.41, 5.74) is 12.4. The maximum atomic E-state index is 10.5. The molecule has 0 unspecified atom stereocenters. The van der Waals surface area contributed by atoms with Crippen molar-refractivity contribution in [3.05, 3.63) is 39.9 Å². The van der Waals surface area contributed by atoms with Gasteiger partial charge in [0.2, 0.25) is 0 Å². The highest BCUT2D eigenvalue weighted by molar-refractivity contribution is 5.33. The minimum Gasteiger partial charge on any atom is -0.329 e. The van der Waals surface area contributed by atoms with Gasteiger partial charge in [0.1, 0.15) is 0 Å². The van der Waals surface area contributed by atoms with Crippen LogP contribution in [-0.2, 0) is 6.42 Å². The lowest BCUT2D eigenvalue weighted by molar-refractivity contribution is -0.384. The molecule has 6 nitrogen and oxygen atoms in total. The fraction of sp³-hybridized carbons (Fsp3) is 0.455. The van der Waals surface area contributed by atoms with Gasteiger partial charge in [0.05, 0.1) is 4.92 Å². The van der Waals surface area contributed by atoms with Gasteiger partial charge in [0.25, 0.3) is 5.69 Å². The van der Waals surface area contributed by atoms with Gasteiger partial charge < -0.3 is 16.8 Å². The maximum absolute atomic E-state index is 10.5. The molecule has 0 radical (unpaired) electrons. The van der Waals surface area contributed by atoms with E-state index in [1.807, 2.05) is 0 Å². The zero-order valence-electron chi connectivity index (χ0n) is 9.63. The van der Waals surface area contributed by atoms with Gasteiger partial charge in [-0.05, 0) is 12.0 Å². The molecule has 1 aromatic rings. The van der Waals surface area contributed by atoms with Gasteiger partial charge in [0.15, 0.2) is 0 Å². The Bertz CT molecular complexity index is 353. The van der Waals surface area contributed by atoms with E-state index in [0.29, 0.717) is 19.5 Å². The maximum Gasteiger partial charge on any atom is 0.269 e. The highest BCUT2D eigenvalue weighted by Gasteiger charge is 2.07. The molecule has 0 bridgehead atoms. The molecule has 1 atom stereocenters. The van der Waals surface area contributed by atoms with Crippen LogP contribution in [0.1, 0.15) is 5.56 Å². The Morgan fingerprint density at radius 1 is 1.35 bits per heavy atom. The van der Waals surface area contributed by atoms with Crippen molar-refractivity contribution in [2.45, 2.75) is 12.5 Å². The predicted molar refractivity (Wildman–Crippen MR) is 66.7 cm³/mol. The first-order chi connectivity index (χ1) is 8.13. The van der Waals surface area contributed by atoms with Crippen LogP contribution in [0.25, 0.3) is 0 Å². The van der Waals surface area contributed by atoms with Crippen LogP contribution in [0.3, 0.4) is 0 Å². The molecule has 1 aromatic carbocycles. The minimum atomic E-state index is -0.410. The molecule has 0 saturated heterocycles. The van der Waals surface area contributed by atoms with Crippen molar-refractivity contribution in [2.24, 2.45) is 11.5 Å². The SMILES string of the molecule is NCCNC[C@H](N)Cc1ccc([N+](=O)[O-])cc1. The summed E-state index contributed by atoms with van der Waals surface area (Å²) in [6.07, 6.45) is 0.690. The predicted octanol–water partition coefficient (Wildman–Crippen LogP) is 0.0129. The Labute approximate surface area is 100 Å². The van der Waals surface area contributed by atoms with Crippen LogP contribution in [0.15, 0.2) is 24.3 Å². The third-order valence-electron chi connectivity index (χ3n) is 2.37. The molecule has 0 aromatic heterocycles. The van der Waals surface area contributed by atoms with Crippen LogP contribution in [0.5, 0.6) is 0 Å². The second-order valence-electron chi connectivity index (χ2n) is 3.88. The van der Waals surface area contributed by atoms with Crippen molar-refractivity contribution in [3.63, 3.8) is 0 Å². The number of benzene rings is 1. The summed E-state index contributed by atoms with van der Waals surface area (Å²) in [6.45, 7) is 2.02. The van der Waals surface area contributed by atoms with E-state index < -0.39 is 4.92 Å². The number of non-ortho nitro benzene ring substituents is 1. The van der Waals surface area contributed by atoms with Crippen molar-refractivity contribution < 1.29 is 4.92 Å². The van der Waals surface area contributed by atoms with E-state index >= 15 is 0 Å². The average molecular weight is 238 g/mol. The van der Waals surface area contributed by atoms with Gasteiger partial charge in [-0.25, -0.2) is 0 Å². The Balaban J connectivity index is 2.43. The van der Waals surface area contributed by atoms with E-state index in [4.69, 9.17) is 11.5 Å². The van der Waals surface area contributed by atoms with Gasteiger partial charge in [0, 0.05) is 37.8 Å². The highest BCUT2D eigenvalue weighted by Crippen LogP contribution is 2.12. The van der Waals surface area contributed by atoms with Crippen molar-refractivity contribution in [2.75, 3.05) is 19.6 Å². The summed E-state index contributed by atoms with van der Waals surface area (Å²) in [5.74, 6) is 0. The van der Waals surface area contributed by atoms with E-state index in [2.05, 4.69) is 5.32 Å². The zero-order chi connectivity index (χ0) is 12.7. The lowest BCUT2D eigenvalue weighted by atomic mass is 10.1. The Morgan fingerprint density at radius 2 is 2.00 bits per heavy atom. The number of nitro benzene ring substituents is 1. The molecule has 0 spiro atoms. The fourth-order valence-corrected chi connectivity index (χ4v) is 1.52. The van der Waals surface area contributed by atoms with Crippen LogP contribution in [0.2, 0.25) is 0 Å². The third-order valence-corrected chi connectivity index (χ3v) is 2.37. The van der Waals surface area contributed by atoms with Crippen molar-refractivity contribution in [1.82, 2.24) is 5.32 Å². The van der Waals surface area contributed by atoms with Gasteiger partial charge in [-0.15, -0.1) is 0 Å². The van der Waals surface area contributed by atoms with Crippen LogP contribution < -0.4 is 16.8 Å². The number of nitro groups is 1. The largest absolute Gasteiger partial charge is 0.329 e. The van der Waals surface area contributed by atoms with Crippen molar-refractivity contribution in [1.29, 1.82) is 0 Å². The Kier molecular flexibility index (Phi) is 5.55. The Morgan fingerprint density at radius 3 is 2.53 bits per heavy atom. The van der Waals surface area contributed by atoms with Gasteiger partial charge >= 0.3 is 0 Å². The topological polar surface area (TPSA) is 107 Å². The van der Waals surface area contributed by atoms with E-state index in [9.17, 15) is 10.1 Å². The Hall–Kier alpha value is -1.50. The number of rotatable bonds is 7. The average Bonchev–Trinajstić information content (AvgIpc) is 2.30. The number of nitrogens with two attached hydrogens (primary N) is 2. The van der Waals surface area contributed by atoms with Crippen LogP contribution >= 0.6 is 0 Å². The number of nitrogens with one attached hydrogen (secondary N) is 1. The molecule has 94 valence electrons. The normalized spacial score (nSPS) is 12.4. The summed E-state index contributed by atoms with van der Waals surface area (Å²) >= 11 is 0. The second-order valence-corrected chi connectivity index (χ2v) is 3.88. The van der Waals surface area contributed by atoms with E-state index in [1.54, 1.807) is 12.1 Å². The van der Waals surface area contributed by atoms with Gasteiger partial charge in [-0.3, -0.25) is 10.1 Å². The highest BCUT2D eigenvalue weighted by atomic mass is 16.6. The van der Waals surface area contributed by atoms with Crippen LogP contribution in [0, 0.1) is 10.1 Å². The summed E-state index contributed by atoms with van der Waals surface area (Å²) in [5, 5.41) is 13.6. The van der Waals surface area contributed by atoms with Gasteiger partial charge in [-0.1, -0.05) is 12.1 Å². The van der Waals surface area contributed by atoms with Crippen LogP contribution in [-0.4, -0.2) is 30.6 Å². The molecule has 0 fully saturated rings. The monoisotopic (exact) mass is 238 g/mol. The molecule has 0 heterocycles. The van der Waals surface area contributed by atoms with Crippen molar-refractivity contribution >= 4 is 5.69 Å². The number of hydrogen-bond donors (Lipinski definition) is 3. The summed E-state index contributed by atoms with van der Waals surface area (Å²) in [6, 6.07) is 6.45. The second kappa shape index (κ2) is 6.95. The summed E-state index contributed by atoms with van der Waals surface area (Å²) in [7, 11) is 0. The van der Waals surface area contributed by atoms with E-state index in [1.165, 1.54) is 12.1 Å². The fourth-order valence-electron chi connectivity index (χ4n) is 1.52. The molecule has 1 rings (SSSR count). The first kappa shape index (κ1) is 13.6. The van der Waals surface area contributed by atoms with Crippen molar-refractivity contribution in [3.8, 4) is 0 Å². The number of nitrogens with zero attached hydrogens (tertiary/aromatic N) is 1. The molecule has 5 N–H and O–H groups in total. The minimum absolute atomic E-state index is 0.0111. The molecule has 0 aliphatic heterocycles. The van der Waals surface area contributed by atoms with E-state index in [-0.39, 0.29) is 11.7 Å². The smallest absolute Gasteiger partial charge is 0.269 e. The quantitative estimate of drug-likeness (QED) is 0.352. The standard InChI is InChI=1S/C11H18N4O2/c12-5-6-14-8-10(13)7-9-1-3-11(4-2-9)15(16)17/h1-4,10,14H,5-8,12-13H2/t10-/m1/s1. The molecule has 0 aliphatic carbocycles. The molecular formula is C11H18N4O2. The molecule has 6 heteroatoms. The van der Waals surface area contributed by atoms with E-state index in [0.717, 1.165) is 12.1 Å². The lowest BCUT2D eigenvalue weighted by Gasteiger charge is -2.12. The first-order valence-corrected chi connectivity index (χ1v) is 5.53. The lowest BCUT2D eigenvalue weighted by Crippen LogP contribution is -2.37. The number of hydrogen-bond acceptors (Lipinski definition) is 5. The van der Waals surface area contributed by atoms with Crippen LogP contribution in [0.4, 0.5) is 5.69 Å².